The first-order chi connectivity index (χ1) is 12.5. The Morgan fingerprint density at radius 1 is 1.27 bits per heavy atom. The molecule has 26 heavy (non-hydrogen) atoms. The summed E-state index contributed by atoms with van der Waals surface area (Å²) in [5.41, 5.74) is 2.34. The number of nitrogens with one attached hydrogen (secondary N) is 2. The smallest absolute Gasteiger partial charge is 0.271 e. The summed E-state index contributed by atoms with van der Waals surface area (Å²) in [6.07, 6.45) is 2.57. The van der Waals surface area contributed by atoms with Crippen molar-refractivity contribution < 1.29 is 9.59 Å². The second kappa shape index (κ2) is 7.99. The topological polar surface area (TPSA) is 92.2 Å². The normalized spacial score (nSPS) is 13.7. The van der Waals surface area contributed by atoms with E-state index in [1.807, 2.05) is 23.7 Å². The molecule has 0 aromatic carbocycles. The molecule has 1 aliphatic heterocycles. The number of carbonyl (C=O) groups excluding carboxylic acids is 2. The maximum atomic E-state index is 12.3. The van der Waals surface area contributed by atoms with Crippen molar-refractivity contribution in [1.29, 1.82) is 0 Å². The number of pyridine rings is 1. The molecule has 0 fully saturated rings. The molecule has 3 rings (SSSR count). The third-order valence-electron chi connectivity index (χ3n) is 4.40. The Labute approximate surface area is 152 Å². The summed E-state index contributed by atoms with van der Waals surface area (Å²) >= 11 is 0. The third kappa shape index (κ3) is 4.19. The predicted molar refractivity (Wildman–Crippen MR) is 97.7 cm³/mol. The summed E-state index contributed by atoms with van der Waals surface area (Å²) in [6, 6.07) is 5.64. The van der Waals surface area contributed by atoms with Crippen LogP contribution >= 0.6 is 0 Å². The number of aromatic nitrogens is 3. The highest BCUT2D eigenvalue weighted by molar-refractivity contribution is 5.92. The molecule has 138 valence electrons. The van der Waals surface area contributed by atoms with Crippen molar-refractivity contribution in [1.82, 2.24) is 25.0 Å². The van der Waals surface area contributed by atoms with E-state index >= 15 is 0 Å². The molecule has 0 aliphatic carbocycles. The van der Waals surface area contributed by atoms with Gasteiger partial charge in [0.1, 0.15) is 5.82 Å². The van der Waals surface area contributed by atoms with E-state index in [0.29, 0.717) is 31.9 Å². The molecule has 2 aromatic heterocycles. The fraction of sp³-hybridized carbons (Fsp3) is 0.444. The van der Waals surface area contributed by atoms with Gasteiger partial charge in [0.05, 0.1) is 12.2 Å². The monoisotopic (exact) mass is 356 g/mol. The van der Waals surface area contributed by atoms with Gasteiger partial charge in [-0.2, -0.15) is 5.10 Å². The van der Waals surface area contributed by atoms with Crippen LogP contribution in [-0.2, 0) is 17.9 Å². The van der Waals surface area contributed by atoms with Crippen molar-refractivity contribution in [3.05, 3.63) is 41.3 Å². The summed E-state index contributed by atoms with van der Waals surface area (Å²) < 4.78 is 1.83. The van der Waals surface area contributed by atoms with Crippen LogP contribution < -0.4 is 10.6 Å². The fourth-order valence-corrected chi connectivity index (χ4v) is 2.96. The zero-order valence-corrected chi connectivity index (χ0v) is 15.2. The molecule has 0 spiro atoms. The number of anilines is 1. The van der Waals surface area contributed by atoms with Crippen LogP contribution in [0.1, 0.15) is 35.1 Å². The van der Waals surface area contributed by atoms with Crippen LogP contribution in [0.3, 0.4) is 0 Å². The van der Waals surface area contributed by atoms with Crippen LogP contribution in [0.15, 0.2) is 24.4 Å². The lowest BCUT2D eigenvalue weighted by Crippen LogP contribution is -2.29. The largest absolute Gasteiger partial charge is 0.368 e. The minimum atomic E-state index is -0.209. The average Bonchev–Trinajstić information content (AvgIpc) is 2.91. The molecule has 0 bridgehead atoms. The number of hydrogen-bond donors (Lipinski definition) is 2. The van der Waals surface area contributed by atoms with E-state index in [4.69, 9.17) is 0 Å². The number of rotatable bonds is 5. The number of hydrogen-bond acceptors (Lipinski definition) is 5. The van der Waals surface area contributed by atoms with Crippen molar-refractivity contribution >= 4 is 17.6 Å². The number of aryl methyl sites for hydroxylation is 2. The highest BCUT2D eigenvalue weighted by Crippen LogP contribution is 2.14. The lowest BCUT2D eigenvalue weighted by Gasteiger charge is -2.17. The van der Waals surface area contributed by atoms with Crippen LogP contribution in [0.2, 0.25) is 0 Å². The van der Waals surface area contributed by atoms with Gasteiger partial charge in [0.15, 0.2) is 5.69 Å². The van der Waals surface area contributed by atoms with Crippen LogP contribution in [0, 0.1) is 6.92 Å². The molecule has 0 atom stereocenters. The second-order valence-electron chi connectivity index (χ2n) is 6.39. The molecule has 2 amide bonds. The number of carbonyl (C=O) groups is 2. The van der Waals surface area contributed by atoms with E-state index in [1.165, 1.54) is 0 Å². The Morgan fingerprint density at radius 2 is 2.12 bits per heavy atom. The molecule has 3 heterocycles. The molecule has 0 saturated carbocycles. The molecule has 0 unspecified atom stereocenters. The summed E-state index contributed by atoms with van der Waals surface area (Å²) in [7, 11) is 0. The Morgan fingerprint density at radius 3 is 2.88 bits per heavy atom. The van der Waals surface area contributed by atoms with E-state index in [2.05, 4.69) is 20.7 Å². The highest BCUT2D eigenvalue weighted by Gasteiger charge is 2.20. The minimum absolute atomic E-state index is 0.0431. The summed E-state index contributed by atoms with van der Waals surface area (Å²) in [6.45, 7) is 6.53. The lowest BCUT2D eigenvalue weighted by molar-refractivity contribution is -0.129. The summed E-state index contributed by atoms with van der Waals surface area (Å²) in [5, 5.41) is 10.5. The van der Waals surface area contributed by atoms with Crippen molar-refractivity contribution in [2.75, 3.05) is 25.0 Å². The van der Waals surface area contributed by atoms with Gasteiger partial charge in [-0.1, -0.05) is 6.07 Å². The van der Waals surface area contributed by atoms with Gasteiger partial charge < -0.3 is 15.5 Å². The molecule has 2 aromatic rings. The van der Waals surface area contributed by atoms with Gasteiger partial charge in [0, 0.05) is 39.3 Å². The Balaban J connectivity index is 1.53. The molecule has 8 heteroatoms. The van der Waals surface area contributed by atoms with Crippen LogP contribution in [0.25, 0.3) is 0 Å². The number of amides is 2. The van der Waals surface area contributed by atoms with Gasteiger partial charge in [-0.15, -0.1) is 0 Å². The maximum Gasteiger partial charge on any atom is 0.271 e. The Hall–Kier alpha value is -2.90. The SMILES string of the molecule is CC(=O)N1CCCn2nc(C(=O)NCCNc3ncccc3C)cc2C1. The van der Waals surface area contributed by atoms with E-state index in [-0.39, 0.29) is 11.8 Å². The summed E-state index contributed by atoms with van der Waals surface area (Å²) in [5.74, 6) is 0.654. The number of fused-ring (bicyclic) bond motifs is 1. The molecular weight excluding hydrogens is 332 g/mol. The third-order valence-corrected chi connectivity index (χ3v) is 4.40. The molecule has 0 radical (unpaired) electrons. The van der Waals surface area contributed by atoms with Crippen molar-refractivity contribution in [2.45, 2.75) is 33.4 Å². The molecule has 1 aliphatic rings. The zero-order chi connectivity index (χ0) is 18.5. The van der Waals surface area contributed by atoms with Crippen LogP contribution in [-0.4, -0.2) is 51.1 Å². The van der Waals surface area contributed by atoms with Crippen LogP contribution in [0.4, 0.5) is 5.82 Å². The molecular formula is C18H24N6O2. The van der Waals surface area contributed by atoms with E-state index in [1.54, 1.807) is 24.1 Å². The first kappa shape index (κ1) is 17.9. The number of nitrogens with zero attached hydrogens (tertiary/aromatic N) is 4. The van der Waals surface area contributed by atoms with Gasteiger partial charge in [-0.25, -0.2) is 4.98 Å². The van der Waals surface area contributed by atoms with Gasteiger partial charge in [0.25, 0.3) is 5.91 Å². The van der Waals surface area contributed by atoms with Crippen LogP contribution in [0.5, 0.6) is 0 Å². The van der Waals surface area contributed by atoms with E-state index in [9.17, 15) is 9.59 Å². The molecule has 0 saturated heterocycles. The van der Waals surface area contributed by atoms with Crippen molar-refractivity contribution in [3.8, 4) is 0 Å². The van der Waals surface area contributed by atoms with Crippen molar-refractivity contribution in [2.24, 2.45) is 0 Å². The lowest BCUT2D eigenvalue weighted by atomic mass is 10.3. The van der Waals surface area contributed by atoms with Gasteiger partial charge >= 0.3 is 0 Å². The van der Waals surface area contributed by atoms with E-state index < -0.39 is 0 Å². The Kier molecular flexibility index (Phi) is 5.50. The van der Waals surface area contributed by atoms with Crippen molar-refractivity contribution in [3.63, 3.8) is 0 Å². The first-order valence-electron chi connectivity index (χ1n) is 8.80. The maximum absolute atomic E-state index is 12.3. The average molecular weight is 356 g/mol. The van der Waals surface area contributed by atoms with Gasteiger partial charge in [0.2, 0.25) is 5.91 Å². The molecule has 8 nitrogen and oxygen atoms in total. The highest BCUT2D eigenvalue weighted by atomic mass is 16.2. The first-order valence-corrected chi connectivity index (χ1v) is 8.80. The quantitative estimate of drug-likeness (QED) is 0.785. The van der Waals surface area contributed by atoms with Gasteiger partial charge in [-0.05, 0) is 31.0 Å². The summed E-state index contributed by atoms with van der Waals surface area (Å²) in [4.78, 5) is 30.0. The zero-order valence-electron chi connectivity index (χ0n) is 15.2. The fourth-order valence-electron chi connectivity index (χ4n) is 2.96. The van der Waals surface area contributed by atoms with E-state index in [0.717, 1.165) is 30.0 Å². The minimum Gasteiger partial charge on any atom is -0.368 e. The second-order valence-corrected chi connectivity index (χ2v) is 6.39. The van der Waals surface area contributed by atoms with Gasteiger partial charge in [-0.3, -0.25) is 14.3 Å². The Bertz CT molecular complexity index is 801. The molecule has 2 N–H and O–H groups in total. The predicted octanol–water partition coefficient (Wildman–Crippen LogP) is 1.18. The standard InChI is InChI=1S/C18H24N6O2/c1-13-5-3-6-19-17(13)20-7-8-21-18(26)16-11-15-12-23(14(2)25)9-4-10-24(15)22-16/h3,5-6,11H,4,7-10,12H2,1-2H3,(H,19,20)(H,21,26).